The average molecular weight is 296 g/mol. The van der Waals surface area contributed by atoms with Crippen molar-refractivity contribution >= 4 is 11.6 Å². The first-order valence-electron chi connectivity index (χ1n) is 7.68. The molecule has 3 rings (SSSR count). The first-order chi connectivity index (χ1) is 10.5. The van der Waals surface area contributed by atoms with Crippen molar-refractivity contribution in [3.8, 4) is 0 Å². The third-order valence-corrected chi connectivity index (χ3v) is 4.21. The largest absolute Gasteiger partial charge is 0.325 e. The van der Waals surface area contributed by atoms with Crippen LogP contribution in [0.5, 0.6) is 0 Å². The second-order valence-electron chi connectivity index (χ2n) is 6.00. The first kappa shape index (κ1) is 14.6. The van der Waals surface area contributed by atoms with E-state index >= 15 is 0 Å². The van der Waals surface area contributed by atoms with E-state index in [0.29, 0.717) is 0 Å². The van der Waals surface area contributed by atoms with Crippen molar-refractivity contribution in [1.82, 2.24) is 4.98 Å². The Hall–Kier alpha value is -2.36. The predicted octanol–water partition coefficient (Wildman–Crippen LogP) is 3.12. The van der Waals surface area contributed by atoms with Gasteiger partial charge >= 0.3 is 0 Å². The van der Waals surface area contributed by atoms with Gasteiger partial charge in [-0.25, -0.2) is 0 Å². The van der Waals surface area contributed by atoms with Crippen molar-refractivity contribution in [3.05, 3.63) is 62.6 Å². The van der Waals surface area contributed by atoms with Crippen LogP contribution in [0.4, 0.5) is 5.69 Å². The lowest BCUT2D eigenvalue weighted by molar-refractivity contribution is 0.102. The van der Waals surface area contributed by atoms with Crippen LogP contribution in [-0.4, -0.2) is 10.9 Å². The number of rotatable bonds is 2. The number of aryl methyl sites for hydroxylation is 4. The lowest BCUT2D eigenvalue weighted by Crippen LogP contribution is -2.26. The van der Waals surface area contributed by atoms with Gasteiger partial charge in [-0.2, -0.15) is 0 Å². The number of aromatic amines is 1. The Morgan fingerprint density at radius 3 is 2.68 bits per heavy atom. The molecule has 1 amide bonds. The molecular formula is C18H20N2O2. The molecule has 1 heterocycles. The number of carbonyl (C=O) groups excluding carboxylic acids is 1. The Bertz CT molecular complexity index is 790. The van der Waals surface area contributed by atoms with Gasteiger partial charge < -0.3 is 10.3 Å². The zero-order chi connectivity index (χ0) is 15.7. The van der Waals surface area contributed by atoms with E-state index in [0.717, 1.165) is 53.8 Å². The number of benzene rings is 1. The summed E-state index contributed by atoms with van der Waals surface area (Å²) in [4.78, 5) is 27.4. The number of hydrogen-bond donors (Lipinski definition) is 2. The van der Waals surface area contributed by atoms with Crippen molar-refractivity contribution < 1.29 is 4.79 Å². The molecule has 1 aromatic carbocycles. The summed E-state index contributed by atoms with van der Waals surface area (Å²) in [5.74, 6) is -0.346. The second kappa shape index (κ2) is 5.79. The van der Waals surface area contributed by atoms with Crippen LogP contribution < -0.4 is 10.9 Å². The Balaban J connectivity index is 1.90. The highest BCUT2D eigenvalue weighted by Gasteiger charge is 2.17. The molecule has 22 heavy (non-hydrogen) atoms. The number of carbonyl (C=O) groups is 1. The van der Waals surface area contributed by atoms with Gasteiger partial charge in [0.15, 0.2) is 0 Å². The van der Waals surface area contributed by atoms with Crippen LogP contribution in [0.15, 0.2) is 29.1 Å². The van der Waals surface area contributed by atoms with E-state index in [4.69, 9.17) is 0 Å². The molecule has 0 saturated carbocycles. The summed E-state index contributed by atoms with van der Waals surface area (Å²) < 4.78 is 0. The number of H-pyrrole nitrogens is 1. The number of pyridine rings is 1. The van der Waals surface area contributed by atoms with Gasteiger partial charge in [0.1, 0.15) is 5.56 Å². The summed E-state index contributed by atoms with van der Waals surface area (Å²) in [6, 6.07) is 7.58. The fourth-order valence-electron chi connectivity index (χ4n) is 2.99. The zero-order valence-electron chi connectivity index (χ0n) is 13.0. The van der Waals surface area contributed by atoms with Crippen LogP contribution in [0.2, 0.25) is 0 Å². The highest BCUT2D eigenvalue weighted by molar-refractivity contribution is 6.04. The molecule has 0 fully saturated rings. The highest BCUT2D eigenvalue weighted by Crippen LogP contribution is 2.20. The monoisotopic (exact) mass is 296 g/mol. The molecule has 0 saturated heterocycles. The summed E-state index contributed by atoms with van der Waals surface area (Å²) in [5, 5.41) is 2.84. The third-order valence-electron chi connectivity index (χ3n) is 4.21. The number of amides is 1. The minimum Gasteiger partial charge on any atom is -0.325 e. The van der Waals surface area contributed by atoms with Crippen molar-refractivity contribution in [1.29, 1.82) is 0 Å². The summed E-state index contributed by atoms with van der Waals surface area (Å²) in [5.41, 5.74) is 4.84. The van der Waals surface area contributed by atoms with Crippen molar-refractivity contribution in [2.24, 2.45) is 0 Å². The summed E-state index contributed by atoms with van der Waals surface area (Å²) in [6.07, 6.45) is 4.02. The zero-order valence-corrected chi connectivity index (χ0v) is 13.0. The van der Waals surface area contributed by atoms with Gasteiger partial charge in [0, 0.05) is 11.4 Å². The van der Waals surface area contributed by atoms with Crippen LogP contribution in [0.25, 0.3) is 0 Å². The van der Waals surface area contributed by atoms with Gasteiger partial charge in [0.05, 0.1) is 0 Å². The summed E-state index contributed by atoms with van der Waals surface area (Å²) in [7, 11) is 0. The van der Waals surface area contributed by atoms with E-state index in [1.807, 2.05) is 32.0 Å². The van der Waals surface area contributed by atoms with Crippen molar-refractivity contribution in [2.45, 2.75) is 39.5 Å². The third kappa shape index (κ3) is 2.82. The minimum absolute atomic E-state index is 0.195. The number of fused-ring (bicyclic) bond motifs is 1. The van der Waals surface area contributed by atoms with E-state index in [2.05, 4.69) is 10.3 Å². The number of hydrogen-bond acceptors (Lipinski definition) is 2. The predicted molar refractivity (Wildman–Crippen MR) is 87.6 cm³/mol. The van der Waals surface area contributed by atoms with Crippen LogP contribution in [0, 0.1) is 13.8 Å². The van der Waals surface area contributed by atoms with E-state index in [1.54, 1.807) is 6.07 Å². The van der Waals surface area contributed by atoms with E-state index < -0.39 is 0 Å². The average Bonchev–Trinajstić information content (AvgIpc) is 2.49. The van der Waals surface area contributed by atoms with Gasteiger partial charge in [-0.05, 0) is 62.8 Å². The normalized spacial score (nSPS) is 13.5. The molecule has 2 aromatic rings. The molecule has 0 bridgehead atoms. The van der Waals surface area contributed by atoms with Crippen LogP contribution in [0.1, 0.15) is 45.6 Å². The summed E-state index contributed by atoms with van der Waals surface area (Å²) >= 11 is 0. The van der Waals surface area contributed by atoms with Crippen LogP contribution >= 0.6 is 0 Å². The molecule has 114 valence electrons. The smallest absolute Gasteiger partial charge is 0.261 e. The fraction of sp³-hybridized carbons (Fsp3) is 0.333. The van der Waals surface area contributed by atoms with Gasteiger partial charge in [-0.15, -0.1) is 0 Å². The fourth-order valence-corrected chi connectivity index (χ4v) is 2.99. The molecule has 0 radical (unpaired) electrons. The molecule has 0 spiro atoms. The first-order valence-corrected chi connectivity index (χ1v) is 7.68. The maximum Gasteiger partial charge on any atom is 0.261 e. The number of anilines is 1. The molecule has 4 heteroatoms. The molecule has 0 aliphatic heterocycles. The molecule has 1 aromatic heterocycles. The topological polar surface area (TPSA) is 62.0 Å². The van der Waals surface area contributed by atoms with Gasteiger partial charge in [-0.1, -0.05) is 17.7 Å². The Morgan fingerprint density at radius 1 is 1.14 bits per heavy atom. The van der Waals surface area contributed by atoms with Crippen molar-refractivity contribution in [3.63, 3.8) is 0 Å². The van der Waals surface area contributed by atoms with E-state index in [-0.39, 0.29) is 17.0 Å². The molecule has 4 nitrogen and oxygen atoms in total. The number of aromatic nitrogens is 1. The van der Waals surface area contributed by atoms with Crippen molar-refractivity contribution in [2.75, 3.05) is 5.32 Å². The lowest BCUT2D eigenvalue weighted by atomic mass is 9.95. The van der Waals surface area contributed by atoms with E-state index in [1.165, 1.54) is 0 Å². The SMILES string of the molecule is Cc1ccc(NC(=O)c2cc3c([nH]c2=O)CCCC3)c(C)c1. The van der Waals surface area contributed by atoms with Gasteiger partial charge in [-0.3, -0.25) is 9.59 Å². The van der Waals surface area contributed by atoms with Gasteiger partial charge in [0.25, 0.3) is 11.5 Å². The Kier molecular flexibility index (Phi) is 3.84. The molecule has 1 aliphatic rings. The Morgan fingerprint density at radius 2 is 1.91 bits per heavy atom. The second-order valence-corrected chi connectivity index (χ2v) is 6.00. The molecule has 0 atom stereocenters. The quantitative estimate of drug-likeness (QED) is 0.894. The minimum atomic E-state index is -0.346. The highest BCUT2D eigenvalue weighted by atomic mass is 16.2. The van der Waals surface area contributed by atoms with Gasteiger partial charge in [0.2, 0.25) is 0 Å². The molecule has 0 unspecified atom stereocenters. The molecule has 2 N–H and O–H groups in total. The standard InChI is InChI=1S/C18H20N2O2/c1-11-7-8-15(12(2)9-11)19-17(21)14-10-13-5-3-4-6-16(13)20-18(14)22/h7-10H,3-6H2,1-2H3,(H,19,21)(H,20,22). The van der Waals surface area contributed by atoms with Crippen LogP contribution in [0.3, 0.4) is 0 Å². The lowest BCUT2D eigenvalue weighted by Gasteiger charge is -2.16. The molecular weight excluding hydrogens is 276 g/mol. The maximum atomic E-state index is 12.4. The molecule has 1 aliphatic carbocycles. The van der Waals surface area contributed by atoms with E-state index in [9.17, 15) is 9.59 Å². The summed E-state index contributed by atoms with van der Waals surface area (Å²) in [6.45, 7) is 3.95. The maximum absolute atomic E-state index is 12.4. The van der Waals surface area contributed by atoms with Crippen LogP contribution in [-0.2, 0) is 12.8 Å². The Labute approximate surface area is 129 Å². The number of nitrogens with one attached hydrogen (secondary N) is 2.